The lowest BCUT2D eigenvalue weighted by atomic mass is 10.0. The van der Waals surface area contributed by atoms with Gasteiger partial charge in [0, 0.05) is 18.7 Å². The van der Waals surface area contributed by atoms with Gasteiger partial charge in [-0.2, -0.15) is 13.2 Å². The van der Waals surface area contributed by atoms with E-state index in [1.54, 1.807) is 7.05 Å². The van der Waals surface area contributed by atoms with E-state index >= 15 is 0 Å². The van der Waals surface area contributed by atoms with Crippen LogP contribution in [0.5, 0.6) is 0 Å². The summed E-state index contributed by atoms with van der Waals surface area (Å²) in [6, 6.07) is 0.974. The van der Waals surface area contributed by atoms with Crippen LogP contribution in [0.4, 0.5) is 17.6 Å². The molecule has 0 aromatic carbocycles. The summed E-state index contributed by atoms with van der Waals surface area (Å²) in [5, 5.41) is 2.86. The van der Waals surface area contributed by atoms with Gasteiger partial charge in [-0.25, -0.2) is 4.39 Å². The van der Waals surface area contributed by atoms with Gasteiger partial charge in [0.1, 0.15) is 5.82 Å². The number of halogens is 4. The summed E-state index contributed by atoms with van der Waals surface area (Å²) in [6.07, 6.45) is -2.15. The van der Waals surface area contributed by atoms with Gasteiger partial charge >= 0.3 is 6.18 Å². The molecule has 0 bridgehead atoms. The van der Waals surface area contributed by atoms with Gasteiger partial charge in [-0.05, 0) is 31.5 Å². The molecule has 0 radical (unpaired) electrons. The molecule has 0 spiro atoms. The molecule has 0 aliphatic carbocycles. The Morgan fingerprint density at radius 1 is 1.35 bits per heavy atom. The van der Waals surface area contributed by atoms with Crippen LogP contribution in [0.2, 0.25) is 0 Å². The van der Waals surface area contributed by atoms with Crippen LogP contribution in [0.3, 0.4) is 0 Å². The number of pyridine rings is 1. The smallest absolute Gasteiger partial charge is 0.313 e. The van der Waals surface area contributed by atoms with Gasteiger partial charge in [0.2, 0.25) is 0 Å². The van der Waals surface area contributed by atoms with Crippen LogP contribution in [0.25, 0.3) is 0 Å². The summed E-state index contributed by atoms with van der Waals surface area (Å²) >= 11 is 0. The molecule has 0 saturated carbocycles. The summed E-state index contributed by atoms with van der Waals surface area (Å²) < 4.78 is 48.9. The first-order chi connectivity index (χ1) is 7.92. The predicted molar refractivity (Wildman–Crippen MR) is 55.9 cm³/mol. The molecule has 1 rings (SSSR count). The van der Waals surface area contributed by atoms with E-state index in [-0.39, 0.29) is 12.5 Å². The summed E-state index contributed by atoms with van der Waals surface area (Å²) in [6.45, 7) is 0. The molecule has 0 aliphatic rings. The number of nitrogens with zero attached hydrogens (tertiary/aromatic N) is 1. The van der Waals surface area contributed by atoms with Crippen LogP contribution < -0.4 is 5.32 Å². The van der Waals surface area contributed by atoms with E-state index < -0.39 is 18.4 Å². The van der Waals surface area contributed by atoms with Crippen molar-refractivity contribution >= 4 is 0 Å². The Hall–Kier alpha value is -1.17. The van der Waals surface area contributed by atoms with E-state index in [4.69, 9.17) is 0 Å². The van der Waals surface area contributed by atoms with E-state index in [0.29, 0.717) is 12.0 Å². The minimum atomic E-state index is -4.14. The zero-order valence-electron chi connectivity index (χ0n) is 9.39. The fourth-order valence-corrected chi connectivity index (χ4v) is 1.60. The van der Waals surface area contributed by atoms with Gasteiger partial charge in [0.25, 0.3) is 0 Å². The van der Waals surface area contributed by atoms with Crippen LogP contribution in [-0.4, -0.2) is 18.2 Å². The molecule has 0 amide bonds. The lowest BCUT2D eigenvalue weighted by Crippen LogP contribution is -2.18. The fourth-order valence-electron chi connectivity index (χ4n) is 1.60. The highest BCUT2D eigenvalue weighted by atomic mass is 19.4. The SMILES string of the molecule is CNC(CCCC(F)(F)F)c1cncc(F)c1. The van der Waals surface area contributed by atoms with Crippen LogP contribution in [-0.2, 0) is 0 Å². The quantitative estimate of drug-likeness (QED) is 0.812. The van der Waals surface area contributed by atoms with Crippen molar-refractivity contribution in [2.75, 3.05) is 7.05 Å². The maximum atomic E-state index is 12.9. The molecule has 0 saturated heterocycles. The molecule has 1 atom stereocenters. The molecule has 1 aromatic rings. The highest BCUT2D eigenvalue weighted by Gasteiger charge is 2.26. The Morgan fingerprint density at radius 3 is 2.59 bits per heavy atom. The van der Waals surface area contributed by atoms with Crippen LogP contribution in [0.15, 0.2) is 18.5 Å². The van der Waals surface area contributed by atoms with E-state index in [0.717, 1.165) is 6.20 Å². The second kappa shape index (κ2) is 5.95. The molecule has 0 fully saturated rings. The summed E-state index contributed by atoms with van der Waals surface area (Å²) in [4.78, 5) is 3.67. The van der Waals surface area contributed by atoms with Crippen molar-refractivity contribution in [3.05, 3.63) is 29.8 Å². The Balaban J connectivity index is 2.54. The molecule has 2 nitrogen and oxygen atoms in total. The van der Waals surface area contributed by atoms with Crippen molar-refractivity contribution in [3.8, 4) is 0 Å². The summed E-state index contributed by atoms with van der Waals surface area (Å²) in [5.41, 5.74) is 0.565. The molecule has 96 valence electrons. The van der Waals surface area contributed by atoms with Gasteiger partial charge in [0.05, 0.1) is 6.20 Å². The van der Waals surface area contributed by atoms with Crippen LogP contribution in [0.1, 0.15) is 30.9 Å². The molecule has 1 heterocycles. The second-order valence-corrected chi connectivity index (χ2v) is 3.79. The zero-order valence-corrected chi connectivity index (χ0v) is 9.39. The molecule has 17 heavy (non-hydrogen) atoms. The van der Waals surface area contributed by atoms with Crippen molar-refractivity contribution in [3.63, 3.8) is 0 Å². The van der Waals surface area contributed by atoms with Crippen molar-refractivity contribution in [2.24, 2.45) is 0 Å². The maximum Gasteiger partial charge on any atom is 0.389 e. The number of rotatable bonds is 5. The second-order valence-electron chi connectivity index (χ2n) is 3.79. The highest BCUT2D eigenvalue weighted by molar-refractivity contribution is 5.14. The molecular formula is C11H14F4N2. The zero-order chi connectivity index (χ0) is 12.9. The number of alkyl halides is 3. The van der Waals surface area contributed by atoms with E-state index in [9.17, 15) is 17.6 Å². The van der Waals surface area contributed by atoms with Crippen molar-refractivity contribution in [2.45, 2.75) is 31.5 Å². The molecule has 1 aromatic heterocycles. The van der Waals surface area contributed by atoms with Crippen LogP contribution in [0, 0.1) is 5.82 Å². The lowest BCUT2D eigenvalue weighted by molar-refractivity contribution is -0.135. The molecule has 1 unspecified atom stereocenters. The Kier molecular flexibility index (Phi) is 4.86. The Labute approximate surface area is 97.1 Å². The minimum absolute atomic E-state index is 0.00548. The number of nitrogens with one attached hydrogen (secondary N) is 1. The van der Waals surface area contributed by atoms with Gasteiger partial charge in [-0.3, -0.25) is 4.98 Å². The van der Waals surface area contributed by atoms with Crippen LogP contribution >= 0.6 is 0 Å². The third-order valence-electron chi connectivity index (χ3n) is 2.43. The molecule has 1 N–H and O–H groups in total. The average molecular weight is 250 g/mol. The predicted octanol–water partition coefficient (Wildman–Crippen LogP) is 3.21. The van der Waals surface area contributed by atoms with Crippen molar-refractivity contribution in [1.82, 2.24) is 10.3 Å². The van der Waals surface area contributed by atoms with Gasteiger partial charge in [-0.15, -0.1) is 0 Å². The monoisotopic (exact) mass is 250 g/mol. The number of aromatic nitrogens is 1. The number of hydrogen-bond donors (Lipinski definition) is 1. The fraction of sp³-hybridized carbons (Fsp3) is 0.545. The topological polar surface area (TPSA) is 24.9 Å². The normalized spacial score (nSPS) is 13.7. The maximum absolute atomic E-state index is 12.9. The van der Waals surface area contributed by atoms with E-state index in [2.05, 4.69) is 10.3 Å². The third-order valence-corrected chi connectivity index (χ3v) is 2.43. The average Bonchev–Trinajstić information content (AvgIpc) is 2.23. The Bertz CT molecular complexity index is 352. The first-order valence-corrected chi connectivity index (χ1v) is 5.27. The summed E-state index contributed by atoms with van der Waals surface area (Å²) in [5.74, 6) is -0.487. The lowest BCUT2D eigenvalue weighted by Gasteiger charge is -2.16. The van der Waals surface area contributed by atoms with Gasteiger partial charge in [0.15, 0.2) is 0 Å². The molecular weight excluding hydrogens is 236 g/mol. The van der Waals surface area contributed by atoms with Gasteiger partial charge in [-0.1, -0.05) is 0 Å². The number of hydrogen-bond acceptors (Lipinski definition) is 2. The third kappa shape index (κ3) is 5.12. The first-order valence-electron chi connectivity index (χ1n) is 5.27. The minimum Gasteiger partial charge on any atom is -0.313 e. The first kappa shape index (κ1) is 13.9. The summed E-state index contributed by atoms with van der Waals surface area (Å²) in [7, 11) is 1.63. The van der Waals surface area contributed by atoms with E-state index in [1.165, 1.54) is 12.3 Å². The molecule has 0 aliphatic heterocycles. The van der Waals surface area contributed by atoms with E-state index in [1.807, 2.05) is 0 Å². The van der Waals surface area contributed by atoms with Crippen molar-refractivity contribution in [1.29, 1.82) is 0 Å². The largest absolute Gasteiger partial charge is 0.389 e. The van der Waals surface area contributed by atoms with Crippen molar-refractivity contribution < 1.29 is 17.6 Å². The van der Waals surface area contributed by atoms with Gasteiger partial charge < -0.3 is 5.32 Å². The standard InChI is InChI=1S/C11H14F4N2/c1-16-10(3-2-4-11(13,14)15)8-5-9(12)7-17-6-8/h5-7,10,16H,2-4H2,1H3. The molecule has 6 heteroatoms. The highest BCUT2D eigenvalue weighted by Crippen LogP contribution is 2.26. The Morgan fingerprint density at radius 2 is 2.06 bits per heavy atom.